The van der Waals surface area contributed by atoms with Gasteiger partial charge >= 0.3 is 0 Å². The zero-order chi connectivity index (χ0) is 20.6. The number of rotatable bonds is 5. The van der Waals surface area contributed by atoms with Crippen molar-refractivity contribution in [3.05, 3.63) is 11.9 Å². The fraction of sp³-hybridized carbons (Fsp3) is 0.600. The molecule has 2 unspecified atom stereocenters. The van der Waals surface area contributed by atoms with Crippen LogP contribution in [0.4, 0.5) is 5.95 Å². The van der Waals surface area contributed by atoms with Gasteiger partial charge in [-0.15, -0.1) is 0 Å². The fourth-order valence-electron chi connectivity index (χ4n) is 2.66. The summed E-state index contributed by atoms with van der Waals surface area (Å²) in [4.78, 5) is 15.9. The second kappa shape index (κ2) is 8.00. The van der Waals surface area contributed by atoms with Crippen molar-refractivity contribution in [1.82, 2.24) is 19.9 Å². The van der Waals surface area contributed by atoms with Crippen LogP contribution in [0.15, 0.2) is 6.20 Å². The number of nitrogens with zero attached hydrogens (tertiary/aromatic N) is 4. The molecule has 3 rings (SSSR count). The van der Waals surface area contributed by atoms with Gasteiger partial charge < -0.3 is 45.8 Å². The van der Waals surface area contributed by atoms with E-state index in [2.05, 4.69) is 19.9 Å². The van der Waals surface area contributed by atoms with Crippen LogP contribution in [0.2, 0.25) is 0 Å². The number of fused-ring (bicyclic) bond motifs is 1. The van der Waals surface area contributed by atoms with Crippen LogP contribution < -0.4 is 10.5 Å². The van der Waals surface area contributed by atoms with E-state index in [9.17, 15) is 30.6 Å². The Kier molecular flexibility index (Phi) is 5.85. The largest absolute Gasteiger partial charge is 0.443 e. The van der Waals surface area contributed by atoms with E-state index in [0.29, 0.717) is 0 Å². The number of nitrogens with two attached hydrogens (primary N) is 1. The van der Waals surface area contributed by atoms with E-state index < -0.39 is 49.5 Å². The number of hydrogen-bond acceptors (Lipinski definition) is 13. The summed E-state index contributed by atoms with van der Waals surface area (Å²) >= 11 is 0. The minimum atomic E-state index is -1.66. The van der Waals surface area contributed by atoms with Crippen LogP contribution in [-0.4, -0.2) is 94.0 Å². The molecule has 0 saturated carbocycles. The molecule has 154 valence electrons. The first-order chi connectivity index (χ1) is 13.2. The minimum absolute atomic E-state index is 0.00713. The van der Waals surface area contributed by atoms with Crippen molar-refractivity contribution in [3.8, 4) is 5.88 Å². The molecule has 2 aromatic rings. The van der Waals surface area contributed by atoms with Gasteiger partial charge in [0.05, 0.1) is 24.6 Å². The molecule has 1 saturated heterocycles. The molecule has 0 bridgehead atoms. The van der Waals surface area contributed by atoms with Crippen molar-refractivity contribution in [3.63, 3.8) is 0 Å². The van der Waals surface area contributed by atoms with Crippen molar-refractivity contribution < 1.29 is 40.1 Å². The van der Waals surface area contributed by atoms with Gasteiger partial charge in [-0.1, -0.05) is 0 Å². The van der Waals surface area contributed by atoms with Gasteiger partial charge in [-0.05, 0) is 6.92 Å². The highest BCUT2D eigenvalue weighted by Gasteiger charge is 2.45. The van der Waals surface area contributed by atoms with Crippen LogP contribution in [0.25, 0.3) is 11.2 Å². The van der Waals surface area contributed by atoms with Crippen LogP contribution >= 0.6 is 0 Å². The Hall–Kier alpha value is -2.26. The molecular weight excluding hydrogens is 378 g/mol. The number of anilines is 1. The molecule has 0 aromatic carbocycles. The maximum atomic E-state index is 10.1. The summed E-state index contributed by atoms with van der Waals surface area (Å²) in [6.07, 6.45) is -8.74. The van der Waals surface area contributed by atoms with Gasteiger partial charge in [-0.25, -0.2) is 9.97 Å². The summed E-state index contributed by atoms with van der Waals surface area (Å²) < 4.78 is 10.7. The van der Waals surface area contributed by atoms with Crippen LogP contribution in [0, 0.1) is 0 Å². The van der Waals surface area contributed by atoms with Gasteiger partial charge in [0.1, 0.15) is 30.5 Å². The van der Waals surface area contributed by atoms with Crippen molar-refractivity contribution >= 4 is 17.1 Å². The molecule has 13 heteroatoms. The first-order valence-electron chi connectivity index (χ1n) is 8.36. The number of aliphatic hydroxyl groups excluding tert-OH is 6. The topological polar surface area (TPSA) is 217 Å². The van der Waals surface area contributed by atoms with E-state index in [4.69, 9.17) is 15.2 Å². The van der Waals surface area contributed by atoms with Gasteiger partial charge in [0.25, 0.3) is 0 Å². The summed E-state index contributed by atoms with van der Waals surface area (Å²) in [6, 6.07) is 0. The molecule has 8 N–H and O–H groups in total. The monoisotopic (exact) mass is 399 g/mol. The lowest BCUT2D eigenvalue weighted by Gasteiger charge is -2.39. The van der Waals surface area contributed by atoms with Gasteiger partial charge in [0, 0.05) is 0 Å². The highest BCUT2D eigenvalue weighted by molar-refractivity contribution is 5.76. The summed E-state index contributed by atoms with van der Waals surface area (Å²) in [5.41, 5.74) is 5.64. The van der Waals surface area contributed by atoms with Gasteiger partial charge in [0.2, 0.25) is 18.1 Å². The van der Waals surface area contributed by atoms with E-state index in [-0.39, 0.29) is 28.7 Å². The summed E-state index contributed by atoms with van der Waals surface area (Å²) in [5, 5.41) is 58.4. The molecule has 0 aliphatic carbocycles. The predicted octanol–water partition coefficient (Wildman–Crippen LogP) is -3.41. The van der Waals surface area contributed by atoms with E-state index in [0.717, 1.165) is 0 Å². The molecule has 1 fully saturated rings. The lowest BCUT2D eigenvalue weighted by molar-refractivity contribution is -0.277. The second-order valence-electron chi connectivity index (χ2n) is 6.35. The number of nitrogen functional groups attached to an aromatic ring is 1. The Balaban J connectivity index is 1.94. The van der Waals surface area contributed by atoms with E-state index >= 15 is 0 Å². The lowest BCUT2D eigenvalue weighted by atomic mass is 9.99. The normalized spacial score (nSPS) is 30.2. The Morgan fingerprint density at radius 1 is 1.14 bits per heavy atom. The maximum Gasteiger partial charge on any atom is 0.249 e. The summed E-state index contributed by atoms with van der Waals surface area (Å²) in [6.45, 7) is 0.746. The summed E-state index contributed by atoms with van der Waals surface area (Å²) in [7, 11) is 0. The quantitative estimate of drug-likeness (QED) is 0.261. The average Bonchev–Trinajstić information content (AvgIpc) is 2.66. The van der Waals surface area contributed by atoms with E-state index in [1.54, 1.807) is 0 Å². The lowest BCUT2D eigenvalue weighted by Crippen LogP contribution is -2.60. The Morgan fingerprint density at radius 2 is 1.86 bits per heavy atom. The fourth-order valence-corrected chi connectivity index (χ4v) is 2.66. The van der Waals surface area contributed by atoms with Gasteiger partial charge in [0.15, 0.2) is 11.2 Å². The zero-order valence-corrected chi connectivity index (χ0v) is 14.7. The zero-order valence-electron chi connectivity index (χ0n) is 14.7. The third-order valence-corrected chi connectivity index (χ3v) is 4.25. The predicted molar refractivity (Wildman–Crippen MR) is 90.6 cm³/mol. The molecule has 28 heavy (non-hydrogen) atoms. The van der Waals surface area contributed by atoms with Crippen molar-refractivity contribution in [1.29, 1.82) is 0 Å². The van der Waals surface area contributed by atoms with Crippen LogP contribution in [0.1, 0.15) is 18.7 Å². The number of hydrogen-bond donors (Lipinski definition) is 7. The molecular formula is C15H21N5O8. The third kappa shape index (κ3) is 3.81. The SMILES string of the molecule is CC(O)C(O)c1cnc2c(O[C@H]3O[C@H](CO)[C@@H](O)[C@H](O)[C@H]3O)nc(N)nc2n1. The molecule has 0 radical (unpaired) electrons. The molecule has 7 atom stereocenters. The first kappa shape index (κ1) is 20.5. The first-order valence-corrected chi connectivity index (χ1v) is 8.36. The number of aliphatic hydroxyl groups is 6. The minimum Gasteiger partial charge on any atom is -0.443 e. The Bertz CT molecular complexity index is 837. The van der Waals surface area contributed by atoms with Gasteiger partial charge in [-0.3, -0.25) is 0 Å². The average molecular weight is 399 g/mol. The highest BCUT2D eigenvalue weighted by atomic mass is 16.7. The highest BCUT2D eigenvalue weighted by Crippen LogP contribution is 2.27. The standard InChI is InChI=1S/C15H21N5O8/c1-4(22)8(23)5-2-17-7-12(18-5)19-15(16)20-13(7)28-14-11(26)10(25)9(24)6(3-21)27-14/h2,4,6,8-11,14,21-26H,3H2,1H3,(H2,16,18,19,20)/t4?,6-,8?,9-,10+,11-,14-/m1/s1. The third-order valence-electron chi connectivity index (χ3n) is 4.25. The van der Waals surface area contributed by atoms with Crippen molar-refractivity contribution in [2.45, 2.75) is 49.8 Å². The summed E-state index contributed by atoms with van der Waals surface area (Å²) in [5.74, 6) is -0.498. The van der Waals surface area contributed by atoms with Crippen LogP contribution in [0.3, 0.4) is 0 Å². The Labute approximate surface area is 158 Å². The van der Waals surface area contributed by atoms with Gasteiger partial charge in [-0.2, -0.15) is 9.97 Å². The molecule has 3 heterocycles. The number of ether oxygens (including phenoxy) is 2. The van der Waals surface area contributed by atoms with Crippen molar-refractivity contribution in [2.75, 3.05) is 12.3 Å². The molecule has 1 aliphatic rings. The second-order valence-corrected chi connectivity index (χ2v) is 6.35. The number of aromatic nitrogens is 4. The van der Waals surface area contributed by atoms with Crippen molar-refractivity contribution in [2.24, 2.45) is 0 Å². The molecule has 0 spiro atoms. The molecule has 1 aliphatic heterocycles. The maximum absolute atomic E-state index is 10.1. The molecule has 0 amide bonds. The Morgan fingerprint density at radius 3 is 2.50 bits per heavy atom. The van der Waals surface area contributed by atoms with Crippen LogP contribution in [0.5, 0.6) is 5.88 Å². The van der Waals surface area contributed by atoms with E-state index in [1.807, 2.05) is 0 Å². The molecule has 13 nitrogen and oxygen atoms in total. The smallest absolute Gasteiger partial charge is 0.249 e. The molecule has 2 aromatic heterocycles. The van der Waals surface area contributed by atoms with E-state index in [1.165, 1.54) is 13.1 Å². The van der Waals surface area contributed by atoms with Crippen LogP contribution in [-0.2, 0) is 4.74 Å².